The first-order valence-electron chi connectivity index (χ1n) is 5.39. The van der Waals surface area contributed by atoms with E-state index in [-0.39, 0.29) is 4.90 Å². The lowest BCUT2D eigenvalue weighted by molar-refractivity contribution is 0.600. The van der Waals surface area contributed by atoms with Crippen molar-refractivity contribution in [2.24, 2.45) is 0 Å². The molecule has 0 atom stereocenters. The Morgan fingerprint density at radius 1 is 1.26 bits per heavy atom. The van der Waals surface area contributed by atoms with Crippen LogP contribution in [0.15, 0.2) is 45.9 Å². The van der Waals surface area contributed by atoms with Crippen LogP contribution >= 0.6 is 15.9 Å². The van der Waals surface area contributed by atoms with Crippen LogP contribution in [0.25, 0.3) is 0 Å². The normalized spacial score (nSPS) is 11.3. The molecule has 0 unspecified atom stereocenters. The maximum absolute atomic E-state index is 12.2. The molecule has 0 radical (unpaired) electrons. The Hall–Kier alpha value is -1.60. The van der Waals surface area contributed by atoms with E-state index in [0.717, 1.165) is 5.56 Å². The third kappa shape index (κ3) is 3.24. The Labute approximate surface area is 120 Å². The van der Waals surface area contributed by atoms with Gasteiger partial charge < -0.3 is 5.73 Å². The van der Waals surface area contributed by atoms with Gasteiger partial charge in [0.15, 0.2) is 0 Å². The highest BCUT2D eigenvalue weighted by molar-refractivity contribution is 9.10. The molecule has 2 aromatic rings. The zero-order valence-electron chi connectivity index (χ0n) is 10.1. The fraction of sp³-hybridized carbons (Fsp3) is 0.0833. The number of benzene rings is 1. The third-order valence-corrected chi connectivity index (χ3v) is 4.77. The summed E-state index contributed by atoms with van der Waals surface area (Å²) < 4.78 is 27.4. The van der Waals surface area contributed by atoms with Crippen LogP contribution in [-0.4, -0.2) is 13.4 Å². The molecule has 1 aromatic heterocycles. The molecule has 1 aromatic carbocycles. The van der Waals surface area contributed by atoms with Crippen LogP contribution in [0.3, 0.4) is 0 Å². The SMILES string of the molecule is Cc1ccc(S(=O)(=O)Nc2ccc(N)nc2)c(Br)c1. The molecule has 0 saturated heterocycles. The van der Waals surface area contributed by atoms with Crippen molar-refractivity contribution in [1.82, 2.24) is 4.98 Å². The van der Waals surface area contributed by atoms with Crippen molar-refractivity contribution in [1.29, 1.82) is 0 Å². The summed E-state index contributed by atoms with van der Waals surface area (Å²) in [6.07, 6.45) is 1.37. The van der Waals surface area contributed by atoms with Crippen molar-refractivity contribution in [2.75, 3.05) is 10.5 Å². The van der Waals surface area contributed by atoms with E-state index in [4.69, 9.17) is 5.73 Å². The Bertz CT molecular complexity index is 699. The Balaban J connectivity index is 2.35. The topological polar surface area (TPSA) is 85.1 Å². The summed E-state index contributed by atoms with van der Waals surface area (Å²) in [6.45, 7) is 1.89. The lowest BCUT2D eigenvalue weighted by Crippen LogP contribution is -2.13. The number of hydrogen-bond acceptors (Lipinski definition) is 4. The molecule has 5 nitrogen and oxygen atoms in total. The maximum Gasteiger partial charge on any atom is 0.263 e. The fourth-order valence-corrected chi connectivity index (χ4v) is 3.74. The predicted octanol–water partition coefficient (Wildman–Crippen LogP) is 2.54. The van der Waals surface area contributed by atoms with E-state index < -0.39 is 10.0 Å². The van der Waals surface area contributed by atoms with Gasteiger partial charge in [-0.25, -0.2) is 13.4 Å². The Morgan fingerprint density at radius 2 is 2.00 bits per heavy atom. The third-order valence-electron chi connectivity index (χ3n) is 2.42. The lowest BCUT2D eigenvalue weighted by atomic mass is 10.2. The minimum absolute atomic E-state index is 0.176. The second-order valence-corrected chi connectivity index (χ2v) is 6.52. The minimum Gasteiger partial charge on any atom is -0.384 e. The molecule has 100 valence electrons. The highest BCUT2D eigenvalue weighted by Gasteiger charge is 2.17. The van der Waals surface area contributed by atoms with E-state index in [2.05, 4.69) is 25.6 Å². The van der Waals surface area contributed by atoms with Crippen molar-refractivity contribution in [3.63, 3.8) is 0 Å². The first-order valence-corrected chi connectivity index (χ1v) is 7.66. The molecule has 7 heteroatoms. The number of sulfonamides is 1. The van der Waals surface area contributed by atoms with Gasteiger partial charge in [-0.2, -0.15) is 0 Å². The van der Waals surface area contributed by atoms with Gasteiger partial charge in [-0.05, 0) is 52.7 Å². The summed E-state index contributed by atoms with van der Waals surface area (Å²) in [5, 5.41) is 0. The lowest BCUT2D eigenvalue weighted by Gasteiger charge is -2.10. The quantitative estimate of drug-likeness (QED) is 0.898. The summed E-state index contributed by atoms with van der Waals surface area (Å²) in [6, 6.07) is 8.12. The number of aryl methyl sites for hydroxylation is 1. The molecule has 0 bridgehead atoms. The number of hydrogen-bond donors (Lipinski definition) is 2. The number of halogens is 1. The average molecular weight is 342 g/mol. The molecule has 0 saturated carbocycles. The molecule has 0 fully saturated rings. The summed E-state index contributed by atoms with van der Waals surface area (Å²) >= 11 is 3.25. The van der Waals surface area contributed by atoms with Gasteiger partial charge in [-0.15, -0.1) is 0 Å². The molecule has 19 heavy (non-hydrogen) atoms. The number of rotatable bonds is 3. The van der Waals surface area contributed by atoms with Crippen LogP contribution in [-0.2, 0) is 10.0 Å². The molecule has 0 aliphatic heterocycles. The molecule has 0 amide bonds. The highest BCUT2D eigenvalue weighted by Crippen LogP contribution is 2.25. The van der Waals surface area contributed by atoms with Crippen LogP contribution in [0.1, 0.15) is 5.56 Å². The zero-order chi connectivity index (χ0) is 14.0. The average Bonchev–Trinajstić information content (AvgIpc) is 2.31. The van der Waals surface area contributed by atoms with E-state index in [1.54, 1.807) is 24.3 Å². The number of pyridine rings is 1. The molecule has 0 aliphatic rings. The van der Waals surface area contributed by atoms with Gasteiger partial charge in [-0.3, -0.25) is 4.72 Å². The second-order valence-electron chi connectivity index (χ2n) is 4.01. The number of nitrogens with zero attached hydrogens (tertiary/aromatic N) is 1. The molecule has 3 N–H and O–H groups in total. The van der Waals surface area contributed by atoms with Crippen LogP contribution in [0.4, 0.5) is 11.5 Å². The van der Waals surface area contributed by atoms with Gasteiger partial charge in [0.05, 0.1) is 11.9 Å². The molecule has 0 aliphatic carbocycles. The summed E-state index contributed by atoms with van der Waals surface area (Å²) in [5.41, 5.74) is 6.78. The van der Waals surface area contributed by atoms with Crippen molar-refractivity contribution in [3.05, 3.63) is 46.6 Å². The zero-order valence-corrected chi connectivity index (χ0v) is 12.5. The van der Waals surface area contributed by atoms with Gasteiger partial charge in [0.2, 0.25) is 0 Å². The molecular formula is C12H12BrN3O2S. The van der Waals surface area contributed by atoms with Gasteiger partial charge in [0, 0.05) is 4.47 Å². The summed E-state index contributed by atoms with van der Waals surface area (Å²) in [5.74, 6) is 0.333. The standard InChI is InChI=1S/C12H12BrN3O2S/c1-8-2-4-11(10(13)6-8)19(17,18)16-9-3-5-12(14)15-7-9/h2-7,16H,1H3,(H2,14,15). The highest BCUT2D eigenvalue weighted by atomic mass is 79.9. The summed E-state index contributed by atoms with van der Waals surface area (Å²) in [7, 11) is -3.65. The smallest absolute Gasteiger partial charge is 0.263 e. The van der Waals surface area contributed by atoms with Crippen LogP contribution < -0.4 is 10.5 Å². The number of anilines is 2. The number of aromatic nitrogens is 1. The van der Waals surface area contributed by atoms with Crippen molar-refractivity contribution >= 4 is 37.5 Å². The maximum atomic E-state index is 12.2. The van der Waals surface area contributed by atoms with Gasteiger partial charge in [0.25, 0.3) is 10.0 Å². The van der Waals surface area contributed by atoms with Crippen molar-refractivity contribution in [2.45, 2.75) is 11.8 Å². The molecule has 0 spiro atoms. The Kier molecular flexibility index (Phi) is 3.77. The van der Waals surface area contributed by atoms with Crippen LogP contribution in [0.5, 0.6) is 0 Å². The van der Waals surface area contributed by atoms with Crippen LogP contribution in [0.2, 0.25) is 0 Å². The Morgan fingerprint density at radius 3 is 2.58 bits per heavy atom. The predicted molar refractivity (Wildman–Crippen MR) is 78.3 cm³/mol. The van der Waals surface area contributed by atoms with Crippen molar-refractivity contribution < 1.29 is 8.42 Å². The first kappa shape index (κ1) is 13.8. The van der Waals surface area contributed by atoms with Crippen LogP contribution in [0, 0.1) is 6.92 Å². The molecule has 1 heterocycles. The molecule has 2 rings (SSSR count). The number of nitrogens with one attached hydrogen (secondary N) is 1. The van der Waals surface area contributed by atoms with Crippen molar-refractivity contribution in [3.8, 4) is 0 Å². The number of nitrogens with two attached hydrogens (primary N) is 1. The van der Waals surface area contributed by atoms with E-state index in [1.165, 1.54) is 12.3 Å². The van der Waals surface area contributed by atoms with Gasteiger partial charge in [0.1, 0.15) is 10.7 Å². The van der Waals surface area contributed by atoms with E-state index in [0.29, 0.717) is 16.0 Å². The minimum atomic E-state index is -3.65. The largest absolute Gasteiger partial charge is 0.384 e. The van der Waals surface area contributed by atoms with E-state index >= 15 is 0 Å². The second kappa shape index (κ2) is 5.18. The summed E-state index contributed by atoms with van der Waals surface area (Å²) in [4.78, 5) is 4.01. The fourth-order valence-electron chi connectivity index (χ4n) is 1.50. The van der Waals surface area contributed by atoms with Gasteiger partial charge >= 0.3 is 0 Å². The number of nitrogen functional groups attached to an aromatic ring is 1. The monoisotopic (exact) mass is 341 g/mol. The first-order chi connectivity index (χ1) is 8.88. The van der Waals surface area contributed by atoms with E-state index in [1.807, 2.05) is 6.92 Å². The molecular weight excluding hydrogens is 330 g/mol. The van der Waals surface area contributed by atoms with Gasteiger partial charge in [-0.1, -0.05) is 6.07 Å². The van der Waals surface area contributed by atoms with E-state index in [9.17, 15) is 8.42 Å².